The number of carbonyl (C=O) groups is 1. The maximum absolute atomic E-state index is 12.6. The van der Waals surface area contributed by atoms with E-state index in [0.717, 1.165) is 0 Å². The summed E-state index contributed by atoms with van der Waals surface area (Å²) in [6, 6.07) is 5.21. The number of nitrogens with zero attached hydrogens (tertiary/aromatic N) is 1. The molecule has 0 aliphatic carbocycles. The summed E-state index contributed by atoms with van der Waals surface area (Å²) in [6.45, 7) is 5.95. The van der Waals surface area contributed by atoms with E-state index < -0.39 is 0 Å². The van der Waals surface area contributed by atoms with Gasteiger partial charge in [-0.1, -0.05) is 13.8 Å². The van der Waals surface area contributed by atoms with Crippen LogP contribution in [0.4, 0.5) is 0 Å². The third-order valence-electron chi connectivity index (χ3n) is 3.07. The Morgan fingerprint density at radius 3 is 2.33 bits per heavy atom. The van der Waals surface area contributed by atoms with Gasteiger partial charge in [0.05, 0.1) is 20.8 Å². The van der Waals surface area contributed by atoms with Gasteiger partial charge in [0, 0.05) is 25.8 Å². The first kappa shape index (κ1) is 17.3. The summed E-state index contributed by atoms with van der Waals surface area (Å²) in [5, 5.41) is 0. The second-order valence-electron chi connectivity index (χ2n) is 5.21. The van der Waals surface area contributed by atoms with Crippen molar-refractivity contribution in [3.63, 3.8) is 0 Å². The molecule has 0 spiro atoms. The largest absolute Gasteiger partial charge is 0.493 e. The molecule has 0 aromatic heterocycles. The van der Waals surface area contributed by atoms with Crippen LogP contribution in [0.5, 0.6) is 11.5 Å². The highest BCUT2D eigenvalue weighted by Crippen LogP contribution is 2.28. The normalized spacial score (nSPS) is 10.6. The van der Waals surface area contributed by atoms with Crippen LogP contribution in [-0.2, 0) is 4.74 Å². The van der Waals surface area contributed by atoms with Crippen molar-refractivity contribution in [1.29, 1.82) is 0 Å². The Hall–Kier alpha value is -1.75. The van der Waals surface area contributed by atoms with Gasteiger partial charge in [-0.3, -0.25) is 4.79 Å². The first-order valence-electron chi connectivity index (χ1n) is 7.03. The number of hydrogen-bond acceptors (Lipinski definition) is 4. The molecule has 1 rings (SSSR count). The first-order valence-corrected chi connectivity index (χ1v) is 7.03. The lowest BCUT2D eigenvalue weighted by atomic mass is 10.1. The van der Waals surface area contributed by atoms with E-state index in [1.54, 1.807) is 44.4 Å². The number of carbonyl (C=O) groups excluding carboxylic acids is 1. The van der Waals surface area contributed by atoms with Crippen molar-refractivity contribution in [1.82, 2.24) is 4.90 Å². The standard InChI is InChI=1S/C16H25NO4/c1-12(2)11-17(8-9-19-3)16(18)13-6-7-14(20-4)15(10-13)21-5/h6-7,10,12H,8-9,11H2,1-5H3. The summed E-state index contributed by atoms with van der Waals surface area (Å²) in [6.07, 6.45) is 0. The Morgan fingerprint density at radius 2 is 1.81 bits per heavy atom. The zero-order chi connectivity index (χ0) is 15.8. The third-order valence-corrected chi connectivity index (χ3v) is 3.07. The van der Waals surface area contributed by atoms with Gasteiger partial charge in [-0.15, -0.1) is 0 Å². The summed E-state index contributed by atoms with van der Waals surface area (Å²) < 4.78 is 15.5. The molecule has 0 saturated carbocycles. The highest BCUT2D eigenvalue weighted by molar-refractivity contribution is 5.95. The van der Waals surface area contributed by atoms with Gasteiger partial charge in [0.15, 0.2) is 11.5 Å². The number of methoxy groups -OCH3 is 3. The summed E-state index contributed by atoms with van der Waals surface area (Å²) in [7, 11) is 4.76. The average molecular weight is 295 g/mol. The number of amides is 1. The zero-order valence-electron chi connectivity index (χ0n) is 13.5. The minimum Gasteiger partial charge on any atom is -0.493 e. The van der Waals surface area contributed by atoms with E-state index in [4.69, 9.17) is 14.2 Å². The predicted octanol–water partition coefficient (Wildman–Crippen LogP) is 2.45. The maximum atomic E-state index is 12.6. The molecule has 1 amide bonds. The van der Waals surface area contributed by atoms with E-state index in [9.17, 15) is 4.79 Å². The predicted molar refractivity (Wildman–Crippen MR) is 82.2 cm³/mol. The van der Waals surface area contributed by atoms with Crippen LogP contribution in [-0.4, -0.2) is 51.8 Å². The Bertz CT molecular complexity index is 460. The van der Waals surface area contributed by atoms with E-state index in [1.165, 1.54) is 0 Å². The smallest absolute Gasteiger partial charge is 0.254 e. The summed E-state index contributed by atoms with van der Waals surface area (Å²) in [4.78, 5) is 14.4. The average Bonchev–Trinajstić information content (AvgIpc) is 2.49. The van der Waals surface area contributed by atoms with E-state index in [1.807, 2.05) is 0 Å². The second kappa shape index (κ2) is 8.52. The van der Waals surface area contributed by atoms with E-state index in [0.29, 0.717) is 42.7 Å². The topological polar surface area (TPSA) is 48.0 Å². The van der Waals surface area contributed by atoms with Gasteiger partial charge in [0.25, 0.3) is 5.91 Å². The lowest BCUT2D eigenvalue weighted by molar-refractivity contribution is 0.0672. The Labute approximate surface area is 126 Å². The molecule has 0 aliphatic heterocycles. The summed E-state index contributed by atoms with van der Waals surface area (Å²) in [5.74, 6) is 1.54. The van der Waals surface area contributed by atoms with Crippen molar-refractivity contribution in [2.75, 3.05) is 41.0 Å². The monoisotopic (exact) mass is 295 g/mol. The Morgan fingerprint density at radius 1 is 1.14 bits per heavy atom. The van der Waals surface area contributed by atoms with Crippen molar-refractivity contribution >= 4 is 5.91 Å². The molecular weight excluding hydrogens is 270 g/mol. The van der Waals surface area contributed by atoms with Crippen LogP contribution in [0.2, 0.25) is 0 Å². The molecule has 0 aliphatic rings. The molecule has 1 aromatic carbocycles. The van der Waals surface area contributed by atoms with E-state index >= 15 is 0 Å². The Balaban J connectivity index is 2.96. The third kappa shape index (κ3) is 4.93. The van der Waals surface area contributed by atoms with Crippen LogP contribution in [0.1, 0.15) is 24.2 Å². The van der Waals surface area contributed by atoms with Crippen molar-refractivity contribution in [3.8, 4) is 11.5 Å². The molecule has 0 N–H and O–H groups in total. The number of rotatable bonds is 8. The fourth-order valence-corrected chi connectivity index (χ4v) is 2.07. The molecule has 0 bridgehead atoms. The van der Waals surface area contributed by atoms with Crippen LogP contribution >= 0.6 is 0 Å². The molecule has 0 fully saturated rings. The highest BCUT2D eigenvalue weighted by Gasteiger charge is 2.18. The fraction of sp³-hybridized carbons (Fsp3) is 0.562. The molecule has 5 heteroatoms. The highest BCUT2D eigenvalue weighted by atomic mass is 16.5. The van der Waals surface area contributed by atoms with Crippen LogP contribution in [0, 0.1) is 5.92 Å². The molecule has 0 radical (unpaired) electrons. The van der Waals surface area contributed by atoms with Gasteiger partial charge in [0.1, 0.15) is 0 Å². The molecule has 0 atom stereocenters. The molecule has 118 valence electrons. The van der Waals surface area contributed by atoms with Gasteiger partial charge >= 0.3 is 0 Å². The SMILES string of the molecule is COCCN(CC(C)C)C(=O)c1ccc(OC)c(OC)c1. The molecule has 0 heterocycles. The molecule has 1 aromatic rings. The quantitative estimate of drug-likeness (QED) is 0.739. The number of ether oxygens (including phenoxy) is 3. The second-order valence-corrected chi connectivity index (χ2v) is 5.21. The van der Waals surface area contributed by atoms with Crippen LogP contribution in [0.3, 0.4) is 0 Å². The van der Waals surface area contributed by atoms with Crippen LogP contribution in [0.15, 0.2) is 18.2 Å². The van der Waals surface area contributed by atoms with E-state index in [-0.39, 0.29) is 5.91 Å². The lowest BCUT2D eigenvalue weighted by Gasteiger charge is -2.24. The van der Waals surface area contributed by atoms with Gasteiger partial charge in [-0.25, -0.2) is 0 Å². The molecule has 0 unspecified atom stereocenters. The number of benzene rings is 1. The maximum Gasteiger partial charge on any atom is 0.254 e. The number of hydrogen-bond donors (Lipinski definition) is 0. The summed E-state index contributed by atoms with van der Waals surface area (Å²) in [5.41, 5.74) is 0.587. The van der Waals surface area contributed by atoms with Crippen LogP contribution in [0.25, 0.3) is 0 Å². The van der Waals surface area contributed by atoms with Crippen molar-refractivity contribution in [3.05, 3.63) is 23.8 Å². The lowest BCUT2D eigenvalue weighted by Crippen LogP contribution is -2.36. The van der Waals surface area contributed by atoms with Gasteiger partial charge < -0.3 is 19.1 Å². The Kier molecular flexibility index (Phi) is 7.02. The van der Waals surface area contributed by atoms with Crippen molar-refractivity contribution < 1.29 is 19.0 Å². The van der Waals surface area contributed by atoms with Gasteiger partial charge in [-0.2, -0.15) is 0 Å². The zero-order valence-corrected chi connectivity index (χ0v) is 13.5. The minimum atomic E-state index is -0.0262. The molecular formula is C16H25NO4. The molecule has 0 saturated heterocycles. The molecule has 5 nitrogen and oxygen atoms in total. The summed E-state index contributed by atoms with van der Waals surface area (Å²) >= 11 is 0. The van der Waals surface area contributed by atoms with E-state index in [2.05, 4.69) is 13.8 Å². The fourth-order valence-electron chi connectivity index (χ4n) is 2.07. The van der Waals surface area contributed by atoms with Gasteiger partial charge in [0.2, 0.25) is 0 Å². The van der Waals surface area contributed by atoms with Gasteiger partial charge in [-0.05, 0) is 24.1 Å². The minimum absolute atomic E-state index is 0.0262. The van der Waals surface area contributed by atoms with Crippen molar-refractivity contribution in [2.24, 2.45) is 5.92 Å². The molecule has 21 heavy (non-hydrogen) atoms. The van der Waals surface area contributed by atoms with Crippen LogP contribution < -0.4 is 9.47 Å². The van der Waals surface area contributed by atoms with Crippen molar-refractivity contribution in [2.45, 2.75) is 13.8 Å². The first-order chi connectivity index (χ1) is 10.0.